The van der Waals surface area contributed by atoms with Crippen molar-refractivity contribution < 1.29 is 9.53 Å². The lowest BCUT2D eigenvalue weighted by Gasteiger charge is -2.33. The van der Waals surface area contributed by atoms with Crippen molar-refractivity contribution in [2.24, 2.45) is 0 Å². The fourth-order valence-electron chi connectivity index (χ4n) is 2.68. The summed E-state index contributed by atoms with van der Waals surface area (Å²) >= 11 is 0. The van der Waals surface area contributed by atoms with E-state index < -0.39 is 0 Å². The van der Waals surface area contributed by atoms with Crippen molar-refractivity contribution in [3.8, 4) is 0 Å². The number of ether oxygens (including phenoxy) is 1. The summed E-state index contributed by atoms with van der Waals surface area (Å²) in [6, 6.07) is 0.151. The smallest absolute Gasteiger partial charge is 0.137 e. The maximum atomic E-state index is 10.9. The lowest BCUT2D eigenvalue weighted by Crippen LogP contribution is -2.44. The van der Waals surface area contributed by atoms with Gasteiger partial charge in [0, 0.05) is 6.54 Å². The molecule has 0 amide bonds. The highest BCUT2D eigenvalue weighted by Gasteiger charge is 2.28. The Bertz CT molecular complexity index is 220. The highest BCUT2D eigenvalue weighted by molar-refractivity contribution is 5.57. The number of rotatable bonds is 3. The first-order valence-corrected chi connectivity index (χ1v) is 6.14. The predicted molar refractivity (Wildman–Crippen MR) is 58.8 cm³/mol. The molecule has 2 saturated heterocycles. The molecule has 3 nitrogen and oxygen atoms in total. The monoisotopic (exact) mass is 211 g/mol. The average molecular weight is 211 g/mol. The number of hydrogen-bond acceptors (Lipinski definition) is 3. The molecule has 0 saturated carbocycles. The summed E-state index contributed by atoms with van der Waals surface area (Å²) in [5.41, 5.74) is 0. The van der Waals surface area contributed by atoms with Crippen LogP contribution in [0.25, 0.3) is 0 Å². The summed E-state index contributed by atoms with van der Waals surface area (Å²) in [4.78, 5) is 13.2. The second-order valence-electron chi connectivity index (χ2n) is 4.84. The molecule has 0 aliphatic carbocycles. The van der Waals surface area contributed by atoms with Gasteiger partial charge in [0.1, 0.15) is 6.29 Å². The molecule has 0 aromatic carbocycles. The summed E-state index contributed by atoms with van der Waals surface area (Å²) in [5, 5.41) is 0. The largest absolute Gasteiger partial charge is 0.374 e. The van der Waals surface area contributed by atoms with E-state index in [1.165, 1.54) is 19.3 Å². The Balaban J connectivity index is 1.83. The van der Waals surface area contributed by atoms with Crippen molar-refractivity contribution in [3.05, 3.63) is 0 Å². The number of carbonyl (C=O) groups excluding carboxylic acids is 1. The van der Waals surface area contributed by atoms with Crippen LogP contribution in [0.15, 0.2) is 0 Å². The minimum Gasteiger partial charge on any atom is -0.374 e. The molecule has 2 fully saturated rings. The first-order valence-electron chi connectivity index (χ1n) is 6.14. The van der Waals surface area contributed by atoms with E-state index in [4.69, 9.17) is 4.74 Å². The molecule has 0 N–H and O–H groups in total. The third-order valence-electron chi connectivity index (χ3n) is 3.58. The van der Waals surface area contributed by atoms with Gasteiger partial charge in [-0.2, -0.15) is 0 Å². The van der Waals surface area contributed by atoms with Crippen LogP contribution in [0.1, 0.15) is 39.0 Å². The topological polar surface area (TPSA) is 29.5 Å². The second-order valence-corrected chi connectivity index (χ2v) is 4.84. The molecule has 0 aromatic rings. The molecule has 0 bridgehead atoms. The molecule has 3 unspecified atom stereocenters. The third kappa shape index (κ3) is 2.79. The van der Waals surface area contributed by atoms with Crippen molar-refractivity contribution >= 4 is 6.29 Å². The lowest BCUT2D eigenvalue weighted by atomic mass is 10.0. The van der Waals surface area contributed by atoms with Crippen LogP contribution in [0.3, 0.4) is 0 Å². The van der Waals surface area contributed by atoms with Gasteiger partial charge in [-0.1, -0.05) is 6.42 Å². The Kier molecular flexibility index (Phi) is 3.76. The first kappa shape index (κ1) is 11.1. The molecule has 2 aliphatic heterocycles. The highest BCUT2D eigenvalue weighted by Crippen LogP contribution is 2.23. The van der Waals surface area contributed by atoms with E-state index in [0.29, 0.717) is 12.2 Å². The predicted octanol–water partition coefficient (Wildman–Crippen LogP) is 1.61. The molecule has 2 aliphatic rings. The molecule has 2 rings (SSSR count). The van der Waals surface area contributed by atoms with Crippen molar-refractivity contribution in [1.82, 2.24) is 4.90 Å². The number of likely N-dealkylation sites (tertiary alicyclic amines) is 1. The maximum absolute atomic E-state index is 10.9. The minimum absolute atomic E-state index is 0.151. The van der Waals surface area contributed by atoms with Gasteiger partial charge in [-0.05, 0) is 39.2 Å². The van der Waals surface area contributed by atoms with Crippen LogP contribution >= 0.6 is 0 Å². The number of carbonyl (C=O) groups is 1. The van der Waals surface area contributed by atoms with Crippen LogP contribution in [-0.4, -0.2) is 42.5 Å². The molecule has 0 radical (unpaired) electrons. The minimum atomic E-state index is 0.151. The molecule has 2 heterocycles. The highest BCUT2D eigenvalue weighted by atomic mass is 16.5. The van der Waals surface area contributed by atoms with Gasteiger partial charge in [0.05, 0.1) is 18.2 Å². The van der Waals surface area contributed by atoms with Gasteiger partial charge in [0.25, 0.3) is 0 Å². The van der Waals surface area contributed by atoms with Crippen molar-refractivity contribution in [1.29, 1.82) is 0 Å². The number of hydrogen-bond donors (Lipinski definition) is 0. The van der Waals surface area contributed by atoms with Gasteiger partial charge >= 0.3 is 0 Å². The number of aldehydes is 1. The van der Waals surface area contributed by atoms with Crippen molar-refractivity contribution in [2.45, 2.75) is 57.3 Å². The standard InChI is InChI=1S/C12H21NO2/c1-10-5-6-12(15-10)8-13-7-3-2-4-11(13)9-14/h9-12H,2-8H2,1H3. The van der Waals surface area contributed by atoms with Gasteiger partial charge in [-0.3, -0.25) is 4.90 Å². The van der Waals surface area contributed by atoms with Gasteiger partial charge < -0.3 is 9.53 Å². The van der Waals surface area contributed by atoms with E-state index in [9.17, 15) is 4.79 Å². The van der Waals surface area contributed by atoms with Gasteiger partial charge in [0.15, 0.2) is 0 Å². The lowest BCUT2D eigenvalue weighted by molar-refractivity contribution is -0.114. The second kappa shape index (κ2) is 5.08. The van der Waals surface area contributed by atoms with E-state index in [1.54, 1.807) is 0 Å². The summed E-state index contributed by atoms with van der Waals surface area (Å²) in [6.45, 7) is 4.15. The third-order valence-corrected chi connectivity index (χ3v) is 3.58. The van der Waals surface area contributed by atoms with Gasteiger partial charge in [0.2, 0.25) is 0 Å². The summed E-state index contributed by atoms with van der Waals surface area (Å²) in [5.74, 6) is 0. The van der Waals surface area contributed by atoms with Crippen LogP contribution < -0.4 is 0 Å². The van der Waals surface area contributed by atoms with Crippen LogP contribution in [0.2, 0.25) is 0 Å². The number of piperidine rings is 1. The maximum Gasteiger partial charge on any atom is 0.137 e. The molecule has 86 valence electrons. The van der Waals surface area contributed by atoms with Crippen LogP contribution in [0.5, 0.6) is 0 Å². The Morgan fingerprint density at radius 3 is 2.87 bits per heavy atom. The van der Waals surface area contributed by atoms with Crippen molar-refractivity contribution in [2.75, 3.05) is 13.1 Å². The Hall–Kier alpha value is -0.410. The fourth-order valence-corrected chi connectivity index (χ4v) is 2.68. The first-order chi connectivity index (χ1) is 7.29. The molecule has 3 atom stereocenters. The molecule has 15 heavy (non-hydrogen) atoms. The van der Waals surface area contributed by atoms with E-state index in [-0.39, 0.29) is 6.04 Å². The molecule has 3 heteroatoms. The van der Waals surface area contributed by atoms with Gasteiger partial charge in [-0.25, -0.2) is 0 Å². The van der Waals surface area contributed by atoms with E-state index in [2.05, 4.69) is 11.8 Å². The SMILES string of the molecule is CC1CCC(CN2CCCCC2C=O)O1. The molecular formula is C12H21NO2. The van der Waals surface area contributed by atoms with Gasteiger partial charge in [-0.15, -0.1) is 0 Å². The van der Waals surface area contributed by atoms with Crippen molar-refractivity contribution in [3.63, 3.8) is 0 Å². The normalized spacial score (nSPS) is 38.1. The Labute approximate surface area is 91.8 Å². The Morgan fingerprint density at radius 2 is 2.20 bits per heavy atom. The quantitative estimate of drug-likeness (QED) is 0.664. The zero-order valence-electron chi connectivity index (χ0n) is 9.52. The van der Waals surface area contributed by atoms with E-state index in [0.717, 1.165) is 32.2 Å². The molecular weight excluding hydrogens is 190 g/mol. The Morgan fingerprint density at radius 1 is 1.33 bits per heavy atom. The summed E-state index contributed by atoms with van der Waals surface area (Å²) < 4.78 is 5.80. The molecule has 0 spiro atoms. The number of nitrogens with zero attached hydrogens (tertiary/aromatic N) is 1. The fraction of sp³-hybridized carbons (Fsp3) is 0.917. The average Bonchev–Trinajstić information content (AvgIpc) is 2.65. The van der Waals surface area contributed by atoms with Crippen LogP contribution in [0, 0.1) is 0 Å². The van der Waals surface area contributed by atoms with E-state index in [1.807, 2.05) is 0 Å². The molecule has 0 aromatic heterocycles. The summed E-state index contributed by atoms with van der Waals surface area (Å²) in [7, 11) is 0. The summed E-state index contributed by atoms with van der Waals surface area (Å²) in [6.07, 6.45) is 7.67. The van der Waals surface area contributed by atoms with E-state index >= 15 is 0 Å². The van der Waals surface area contributed by atoms with Crippen LogP contribution in [-0.2, 0) is 9.53 Å². The zero-order chi connectivity index (χ0) is 10.7. The van der Waals surface area contributed by atoms with Crippen LogP contribution in [0.4, 0.5) is 0 Å². The zero-order valence-corrected chi connectivity index (χ0v) is 9.52.